The number of aliphatic hydroxyl groups excluding tert-OH is 1. The Bertz CT molecular complexity index is 1360. The molecule has 0 unspecified atom stereocenters. The second kappa shape index (κ2) is 10.9. The van der Waals surface area contributed by atoms with Gasteiger partial charge >= 0.3 is 0 Å². The molecule has 0 aliphatic carbocycles. The number of rotatable bonds is 7. The maximum absolute atomic E-state index is 13.6. The molecule has 4 rings (SSSR count). The highest BCUT2D eigenvalue weighted by Gasteiger charge is 2.36. The molecule has 1 N–H and O–H groups in total. The lowest BCUT2D eigenvalue weighted by molar-refractivity contribution is 0.0373. The summed E-state index contributed by atoms with van der Waals surface area (Å²) in [5.74, 6) is -1.09. The zero-order valence-corrected chi connectivity index (χ0v) is 21.6. The van der Waals surface area contributed by atoms with E-state index in [1.54, 1.807) is 48.6 Å². The van der Waals surface area contributed by atoms with Gasteiger partial charge in [-0.25, -0.2) is 17.8 Å². The van der Waals surface area contributed by atoms with Crippen molar-refractivity contribution >= 4 is 15.9 Å². The van der Waals surface area contributed by atoms with Crippen molar-refractivity contribution in [1.29, 1.82) is 0 Å². The molecule has 0 radical (unpaired) electrons. The van der Waals surface area contributed by atoms with E-state index in [9.17, 15) is 22.7 Å². The van der Waals surface area contributed by atoms with Gasteiger partial charge in [0.15, 0.2) is 0 Å². The first-order valence-electron chi connectivity index (χ1n) is 11.8. The third-order valence-corrected chi connectivity index (χ3v) is 8.33. The van der Waals surface area contributed by atoms with Gasteiger partial charge in [-0.1, -0.05) is 6.92 Å². The van der Waals surface area contributed by atoms with Crippen molar-refractivity contribution in [1.82, 2.24) is 19.2 Å². The topological polar surface area (TPSA) is 113 Å². The fraction of sp³-hybridized carbons (Fsp3) is 0.346. The quantitative estimate of drug-likeness (QED) is 0.502. The number of benzene rings is 1. The molecule has 0 saturated carbocycles. The summed E-state index contributed by atoms with van der Waals surface area (Å²) in [6, 6.07) is 9.41. The van der Waals surface area contributed by atoms with Gasteiger partial charge in [-0.05, 0) is 55.0 Å². The number of carbonyl (C=O) groups is 1. The fourth-order valence-electron chi connectivity index (χ4n) is 4.16. The van der Waals surface area contributed by atoms with E-state index in [-0.39, 0.29) is 47.9 Å². The number of hydrogen-bond acceptors (Lipinski definition) is 7. The van der Waals surface area contributed by atoms with Gasteiger partial charge in [-0.2, -0.15) is 4.31 Å². The van der Waals surface area contributed by atoms with E-state index in [1.165, 1.54) is 19.2 Å². The summed E-state index contributed by atoms with van der Waals surface area (Å²) < 4.78 is 46.9. The number of aromatic nitrogens is 2. The Morgan fingerprint density at radius 1 is 1.19 bits per heavy atom. The van der Waals surface area contributed by atoms with Gasteiger partial charge in [0.05, 0.1) is 24.1 Å². The Labute approximate surface area is 215 Å². The molecule has 1 aliphatic rings. The summed E-state index contributed by atoms with van der Waals surface area (Å²) >= 11 is 0. The highest BCUT2D eigenvalue weighted by atomic mass is 32.2. The second-order valence-corrected chi connectivity index (χ2v) is 11.2. The summed E-state index contributed by atoms with van der Waals surface area (Å²) in [4.78, 5) is 23.5. The van der Waals surface area contributed by atoms with Crippen LogP contribution in [0.15, 0.2) is 66.0 Å². The van der Waals surface area contributed by atoms with Crippen LogP contribution in [0.5, 0.6) is 5.88 Å². The van der Waals surface area contributed by atoms with Crippen LogP contribution in [-0.2, 0) is 10.0 Å². The summed E-state index contributed by atoms with van der Waals surface area (Å²) in [6.07, 6.45) is 4.20. The van der Waals surface area contributed by atoms with Crippen LogP contribution in [0, 0.1) is 11.7 Å². The first-order chi connectivity index (χ1) is 17.6. The summed E-state index contributed by atoms with van der Waals surface area (Å²) in [5.41, 5.74) is 1.73. The molecule has 0 spiro atoms. The maximum atomic E-state index is 13.6. The largest absolute Gasteiger partial charge is 0.472 e. The van der Waals surface area contributed by atoms with Gasteiger partial charge in [0.25, 0.3) is 5.91 Å². The smallest absolute Gasteiger partial charge is 0.259 e. The number of aliphatic hydroxyl groups is 1. The average molecular weight is 529 g/mol. The van der Waals surface area contributed by atoms with Crippen molar-refractivity contribution in [3.63, 3.8) is 0 Å². The zero-order chi connectivity index (χ0) is 26.7. The molecule has 37 heavy (non-hydrogen) atoms. The van der Waals surface area contributed by atoms with Gasteiger partial charge < -0.3 is 14.7 Å². The number of sulfonamides is 1. The Morgan fingerprint density at radius 3 is 2.51 bits per heavy atom. The van der Waals surface area contributed by atoms with Crippen LogP contribution in [-0.4, -0.2) is 77.5 Å². The molecule has 0 saturated heterocycles. The third-order valence-electron chi connectivity index (χ3n) is 6.49. The lowest BCUT2D eigenvalue weighted by Gasteiger charge is -2.37. The van der Waals surface area contributed by atoms with Crippen molar-refractivity contribution in [3.05, 3.63) is 72.4 Å². The molecule has 196 valence electrons. The molecule has 1 aromatic carbocycles. The second-order valence-electron chi connectivity index (χ2n) is 9.17. The molecular weight excluding hydrogens is 499 g/mol. The van der Waals surface area contributed by atoms with E-state index in [0.717, 1.165) is 22.0 Å². The predicted molar refractivity (Wildman–Crippen MR) is 135 cm³/mol. The normalized spacial score (nSPS) is 19.1. The SMILES string of the molecule is C[C@H](CO)N1C[C@H](C)[C@@H](CN(C)S(=O)(=O)c2ccc(F)cc2)Oc2ncc(-c3ccncc3)cc2C1=O. The molecule has 11 heteroatoms. The molecule has 1 aliphatic heterocycles. The fourth-order valence-corrected chi connectivity index (χ4v) is 5.34. The molecule has 3 heterocycles. The molecule has 1 amide bonds. The van der Waals surface area contributed by atoms with Crippen molar-refractivity contribution < 1.29 is 27.4 Å². The molecular formula is C26H29FN4O5S. The van der Waals surface area contributed by atoms with E-state index < -0.39 is 28.0 Å². The van der Waals surface area contributed by atoms with Crippen LogP contribution in [0.1, 0.15) is 24.2 Å². The molecule has 0 bridgehead atoms. The molecule has 3 aromatic rings. The molecule has 9 nitrogen and oxygen atoms in total. The van der Waals surface area contributed by atoms with E-state index in [2.05, 4.69) is 9.97 Å². The van der Waals surface area contributed by atoms with E-state index in [4.69, 9.17) is 4.74 Å². The monoisotopic (exact) mass is 528 g/mol. The van der Waals surface area contributed by atoms with Crippen molar-refractivity contribution in [2.24, 2.45) is 5.92 Å². The molecule has 3 atom stereocenters. The minimum absolute atomic E-state index is 0.0381. The van der Waals surface area contributed by atoms with Crippen LogP contribution in [0.25, 0.3) is 11.1 Å². The Balaban J connectivity index is 1.70. The van der Waals surface area contributed by atoms with Crippen molar-refractivity contribution in [2.45, 2.75) is 30.9 Å². The van der Waals surface area contributed by atoms with Crippen LogP contribution in [0.4, 0.5) is 4.39 Å². The van der Waals surface area contributed by atoms with Gasteiger partial charge in [-0.3, -0.25) is 9.78 Å². The molecule has 0 fully saturated rings. The first-order valence-corrected chi connectivity index (χ1v) is 13.3. The summed E-state index contributed by atoms with van der Waals surface area (Å²) in [6.45, 7) is 3.55. The van der Waals surface area contributed by atoms with Crippen LogP contribution >= 0.6 is 0 Å². The highest BCUT2D eigenvalue weighted by Crippen LogP contribution is 2.30. The summed E-state index contributed by atoms with van der Waals surface area (Å²) in [5, 5.41) is 9.84. The minimum Gasteiger partial charge on any atom is -0.472 e. The number of hydrogen-bond donors (Lipinski definition) is 1. The van der Waals surface area contributed by atoms with Crippen LogP contribution < -0.4 is 4.74 Å². The number of pyridine rings is 2. The lowest BCUT2D eigenvalue weighted by atomic mass is 9.99. The summed E-state index contributed by atoms with van der Waals surface area (Å²) in [7, 11) is -2.50. The predicted octanol–water partition coefficient (Wildman–Crippen LogP) is 2.82. The standard InChI is InChI=1S/C26H29FN4O5S/c1-17-14-31(18(2)16-32)26(33)23-12-20(19-8-10-28-11-9-19)13-29-25(23)36-24(17)15-30(3)37(34,35)22-6-4-21(27)5-7-22/h4-13,17-18,24,32H,14-16H2,1-3H3/t17-,18+,24+/m0/s1. The first kappa shape index (κ1) is 26.6. The number of halogens is 1. The molecule has 2 aromatic heterocycles. The number of ether oxygens (including phenoxy) is 1. The van der Waals surface area contributed by atoms with E-state index in [0.29, 0.717) is 5.56 Å². The highest BCUT2D eigenvalue weighted by molar-refractivity contribution is 7.89. The van der Waals surface area contributed by atoms with E-state index >= 15 is 0 Å². The number of likely N-dealkylation sites (N-methyl/N-ethyl adjacent to an activating group) is 1. The third kappa shape index (κ3) is 5.63. The van der Waals surface area contributed by atoms with Gasteiger partial charge in [0, 0.05) is 43.7 Å². The number of amides is 1. The zero-order valence-electron chi connectivity index (χ0n) is 20.8. The van der Waals surface area contributed by atoms with Crippen LogP contribution in [0.3, 0.4) is 0 Å². The maximum Gasteiger partial charge on any atom is 0.259 e. The Morgan fingerprint density at radius 2 is 1.86 bits per heavy atom. The Kier molecular flexibility index (Phi) is 7.86. The van der Waals surface area contributed by atoms with E-state index in [1.807, 2.05) is 6.92 Å². The lowest BCUT2D eigenvalue weighted by Crippen LogP contribution is -2.50. The van der Waals surface area contributed by atoms with Crippen LogP contribution in [0.2, 0.25) is 0 Å². The van der Waals surface area contributed by atoms with Gasteiger partial charge in [0.2, 0.25) is 15.9 Å². The number of carbonyl (C=O) groups excluding carboxylic acids is 1. The minimum atomic E-state index is -3.93. The average Bonchev–Trinajstić information content (AvgIpc) is 2.90. The van der Waals surface area contributed by atoms with Crippen molar-refractivity contribution in [3.8, 4) is 17.0 Å². The van der Waals surface area contributed by atoms with Gasteiger partial charge in [0.1, 0.15) is 17.5 Å². The Hall–Kier alpha value is -3.41. The van der Waals surface area contributed by atoms with Crippen molar-refractivity contribution in [2.75, 3.05) is 26.7 Å². The number of fused-ring (bicyclic) bond motifs is 1. The number of nitrogens with zero attached hydrogens (tertiary/aromatic N) is 4. The van der Waals surface area contributed by atoms with Gasteiger partial charge in [-0.15, -0.1) is 0 Å².